The fraction of sp³-hybridized carbons (Fsp3) is 0.238. The first-order valence-corrected chi connectivity index (χ1v) is 13.8. The summed E-state index contributed by atoms with van der Waals surface area (Å²) in [5.41, 5.74) is 3.06. The predicted octanol–water partition coefficient (Wildman–Crippen LogP) is 4.00. The molecule has 0 aliphatic carbocycles. The third-order valence-corrected chi connectivity index (χ3v) is 8.01. The van der Waals surface area contributed by atoms with Crippen LogP contribution in [0.25, 0.3) is 22.4 Å². The minimum absolute atomic E-state index is 0.0647. The quantitative estimate of drug-likeness (QED) is 0.222. The number of carbonyl (C=O) groups excluding carboxylic acids is 1. The molecule has 0 saturated heterocycles. The molecule has 0 radical (unpaired) electrons. The maximum absolute atomic E-state index is 12.5. The number of aromatic nitrogens is 1. The summed E-state index contributed by atoms with van der Waals surface area (Å²) < 4.78 is 37.2. The maximum atomic E-state index is 12.5. The molecule has 3 N–H and O–H groups in total. The zero-order valence-corrected chi connectivity index (χ0v) is 20.2. The van der Waals surface area contributed by atoms with Crippen LogP contribution in [-0.4, -0.2) is 44.4 Å². The van der Waals surface area contributed by atoms with E-state index in [1.54, 1.807) is 12.1 Å². The average Bonchev–Trinajstić information content (AvgIpc) is 3.20. The monoisotopic (exact) mass is 509 g/mol. The molecule has 9 nitrogen and oxygen atoms in total. The molecule has 0 aliphatic heterocycles. The number of aryl methyl sites for hydroxylation is 1. The first-order valence-electron chi connectivity index (χ1n) is 9.80. The summed E-state index contributed by atoms with van der Waals surface area (Å²) in [7, 11) is -1.11. The average molecular weight is 510 g/mol. The number of hydrogen-bond acceptors (Lipinski definition) is 10. The van der Waals surface area contributed by atoms with Gasteiger partial charge in [0.1, 0.15) is 18.1 Å². The number of nitrogens with one attached hydrogen (secondary N) is 1. The topological polar surface area (TPSA) is 134 Å². The first kappa shape index (κ1) is 25.1. The predicted molar refractivity (Wildman–Crippen MR) is 129 cm³/mol. The van der Waals surface area contributed by atoms with Crippen LogP contribution >= 0.6 is 21.6 Å². The molecule has 2 aromatic carbocycles. The Morgan fingerprint density at radius 1 is 1.03 bits per heavy atom. The lowest BCUT2D eigenvalue weighted by molar-refractivity contribution is 0.155. The van der Waals surface area contributed by atoms with E-state index in [0.29, 0.717) is 35.1 Å². The highest BCUT2D eigenvalue weighted by Gasteiger charge is 2.20. The number of rotatable bonds is 11. The van der Waals surface area contributed by atoms with Gasteiger partial charge in [0.15, 0.2) is 0 Å². The number of carbonyl (C=O) groups is 1. The van der Waals surface area contributed by atoms with Crippen LogP contribution in [-0.2, 0) is 19.6 Å². The summed E-state index contributed by atoms with van der Waals surface area (Å²) in [6.07, 6.45) is -1.03. The molecule has 0 saturated carbocycles. The van der Waals surface area contributed by atoms with E-state index < -0.39 is 16.1 Å². The van der Waals surface area contributed by atoms with Crippen LogP contribution in [0.2, 0.25) is 0 Å². The summed E-state index contributed by atoms with van der Waals surface area (Å²) in [5.74, 6) is 6.77. The van der Waals surface area contributed by atoms with E-state index in [1.807, 2.05) is 42.0 Å². The van der Waals surface area contributed by atoms with Crippen molar-refractivity contribution in [1.82, 2.24) is 9.88 Å². The maximum Gasteiger partial charge on any atom is 0.421 e. The van der Waals surface area contributed by atoms with Crippen molar-refractivity contribution in [2.24, 2.45) is 5.90 Å². The Morgan fingerprint density at radius 3 is 2.36 bits per heavy atom. The summed E-state index contributed by atoms with van der Waals surface area (Å²) in [5, 5.41) is 4.14. The third kappa shape index (κ3) is 6.98. The van der Waals surface area contributed by atoms with Crippen molar-refractivity contribution < 1.29 is 27.3 Å². The van der Waals surface area contributed by atoms with Gasteiger partial charge in [0.2, 0.25) is 0 Å². The summed E-state index contributed by atoms with van der Waals surface area (Å²) in [6.45, 7) is 2.30. The third-order valence-electron chi connectivity index (χ3n) is 4.35. The highest BCUT2D eigenvalue weighted by atomic mass is 33.1. The lowest BCUT2D eigenvalue weighted by Gasteiger charge is -2.09. The molecule has 12 heteroatoms. The van der Waals surface area contributed by atoms with Crippen molar-refractivity contribution in [1.29, 1.82) is 0 Å². The Morgan fingerprint density at radius 2 is 1.70 bits per heavy atom. The normalized spacial score (nSPS) is 11.3. The van der Waals surface area contributed by atoms with Crippen LogP contribution in [0.5, 0.6) is 0 Å². The molecule has 0 atom stereocenters. The minimum atomic E-state index is -4.08. The molecule has 1 aromatic heterocycles. The van der Waals surface area contributed by atoms with Gasteiger partial charge < -0.3 is 14.1 Å². The van der Waals surface area contributed by atoms with E-state index in [2.05, 4.69) is 9.99 Å². The second-order valence-corrected chi connectivity index (χ2v) is 11.0. The number of hydrogen-bond donors (Lipinski definition) is 2. The summed E-state index contributed by atoms with van der Waals surface area (Å²) in [6, 6.07) is 15.7. The Balaban J connectivity index is 1.61. The highest BCUT2D eigenvalue weighted by molar-refractivity contribution is 8.76. The van der Waals surface area contributed by atoms with Gasteiger partial charge >= 0.3 is 6.09 Å². The van der Waals surface area contributed by atoms with Gasteiger partial charge in [0.05, 0.1) is 17.1 Å². The molecular weight excluding hydrogens is 486 g/mol. The molecule has 0 spiro atoms. The molecule has 3 rings (SSSR count). The minimum Gasteiger partial charge on any atom is -0.448 e. The van der Waals surface area contributed by atoms with E-state index in [9.17, 15) is 13.2 Å². The van der Waals surface area contributed by atoms with Crippen molar-refractivity contribution in [3.63, 3.8) is 0 Å². The number of ether oxygens (including phenoxy) is 1. The largest absolute Gasteiger partial charge is 0.448 e. The second kappa shape index (κ2) is 12.1. The molecule has 33 heavy (non-hydrogen) atoms. The fourth-order valence-corrected chi connectivity index (χ4v) is 5.43. The van der Waals surface area contributed by atoms with Crippen LogP contribution in [0, 0.1) is 6.92 Å². The molecule has 1 heterocycles. The van der Waals surface area contributed by atoms with Gasteiger partial charge in [-0.25, -0.2) is 23.8 Å². The number of nitrogens with zero attached hydrogens (tertiary/aromatic N) is 1. The van der Waals surface area contributed by atoms with Crippen molar-refractivity contribution in [3.05, 3.63) is 60.4 Å². The van der Waals surface area contributed by atoms with Gasteiger partial charge in [-0.2, -0.15) is 0 Å². The summed E-state index contributed by atoms with van der Waals surface area (Å²) >= 11 is 0. The van der Waals surface area contributed by atoms with Gasteiger partial charge in [-0.15, -0.1) is 0 Å². The molecule has 0 fully saturated rings. The van der Waals surface area contributed by atoms with E-state index in [-0.39, 0.29) is 11.5 Å². The van der Waals surface area contributed by atoms with Crippen LogP contribution < -0.4 is 10.6 Å². The molecule has 176 valence electrons. The molecule has 0 bridgehead atoms. The summed E-state index contributed by atoms with van der Waals surface area (Å²) in [4.78, 5) is 16.2. The van der Waals surface area contributed by atoms with Crippen LogP contribution in [0.4, 0.5) is 4.79 Å². The number of sulfonamides is 1. The molecular formula is C21H23N3O6S3. The van der Waals surface area contributed by atoms with Gasteiger partial charge in [-0.1, -0.05) is 69.2 Å². The standard InChI is InChI=1S/C21H23N3O6S3/c1-15-19(16-5-3-2-4-6-16)20(23-30-15)17-7-9-18(10-8-17)33(26,27)24-21(25)28-11-13-31-32-14-12-29-22/h2-10H,11-14,22H2,1H3,(H,24,25). The van der Waals surface area contributed by atoms with Gasteiger partial charge in [0, 0.05) is 17.1 Å². The SMILES string of the molecule is Cc1onc(-c2ccc(S(=O)(=O)NC(=O)OCCSSCCON)cc2)c1-c1ccccc1. The van der Waals surface area contributed by atoms with Crippen molar-refractivity contribution in [2.75, 3.05) is 24.7 Å². The number of benzene rings is 2. The molecule has 0 aliphatic rings. The lowest BCUT2D eigenvalue weighted by atomic mass is 10.00. The molecule has 3 aromatic rings. The molecule has 1 amide bonds. The Kier molecular flexibility index (Phi) is 9.21. The Hall–Kier alpha value is -2.51. The smallest absolute Gasteiger partial charge is 0.421 e. The first-order chi connectivity index (χ1) is 15.9. The van der Waals surface area contributed by atoms with Crippen molar-refractivity contribution in [2.45, 2.75) is 11.8 Å². The van der Waals surface area contributed by atoms with Crippen LogP contribution in [0.3, 0.4) is 0 Å². The van der Waals surface area contributed by atoms with E-state index >= 15 is 0 Å². The lowest BCUT2D eigenvalue weighted by Crippen LogP contribution is -2.31. The highest BCUT2D eigenvalue weighted by Crippen LogP contribution is 2.34. The van der Waals surface area contributed by atoms with Gasteiger partial charge in [-0.3, -0.25) is 0 Å². The van der Waals surface area contributed by atoms with E-state index in [4.69, 9.17) is 15.2 Å². The second-order valence-electron chi connectivity index (χ2n) is 6.61. The van der Waals surface area contributed by atoms with Gasteiger partial charge in [-0.05, 0) is 24.6 Å². The number of nitrogens with two attached hydrogens (primary N) is 1. The fourth-order valence-electron chi connectivity index (χ4n) is 2.87. The van der Waals surface area contributed by atoms with Gasteiger partial charge in [0.25, 0.3) is 10.0 Å². The number of amides is 1. The zero-order chi connectivity index (χ0) is 23.7. The zero-order valence-electron chi connectivity index (χ0n) is 17.7. The van der Waals surface area contributed by atoms with E-state index in [0.717, 1.165) is 11.1 Å². The Labute approximate surface area is 199 Å². The Bertz CT molecular complexity index is 1150. The van der Waals surface area contributed by atoms with Crippen LogP contribution in [0.15, 0.2) is 64.0 Å². The van der Waals surface area contributed by atoms with E-state index in [1.165, 1.54) is 33.7 Å². The van der Waals surface area contributed by atoms with Crippen LogP contribution in [0.1, 0.15) is 5.76 Å². The molecule has 0 unspecified atom stereocenters. The van der Waals surface area contributed by atoms with Crippen molar-refractivity contribution >= 4 is 37.7 Å². The van der Waals surface area contributed by atoms with Crippen molar-refractivity contribution in [3.8, 4) is 22.4 Å².